The number of ether oxygens (including phenoxy) is 1. The first-order chi connectivity index (χ1) is 13.4. The number of nitrogens with one attached hydrogen (secondary N) is 1. The number of hydrogen-bond donors (Lipinski definition) is 1. The molecule has 0 aliphatic heterocycles. The Balaban J connectivity index is 1.50. The van der Waals surface area contributed by atoms with Gasteiger partial charge >= 0.3 is 0 Å². The number of thioether (sulfide) groups is 1. The van der Waals surface area contributed by atoms with Crippen LogP contribution in [0.15, 0.2) is 46.0 Å². The number of benzene rings is 2. The molecule has 0 saturated heterocycles. The molecule has 0 atom stereocenters. The van der Waals surface area contributed by atoms with Gasteiger partial charge < -0.3 is 14.5 Å². The molecule has 0 saturated carbocycles. The monoisotopic (exact) mass is 529 g/mol. The molecule has 3 rings (SSSR count). The molecule has 1 heterocycles. The maximum atomic E-state index is 12.3. The molecule has 1 amide bonds. The lowest BCUT2D eigenvalue weighted by atomic mass is 10.1. The number of carbonyl (C=O) groups excluding carboxylic acids is 1. The van der Waals surface area contributed by atoms with Crippen molar-refractivity contribution in [1.82, 2.24) is 10.2 Å². The number of nitrogens with zero attached hydrogens (tertiary/aromatic N) is 2. The normalized spacial score (nSPS) is 10.7. The predicted octanol–water partition coefficient (Wildman–Crippen LogP) is 5.25. The standard InChI is InChI=1S/C19H17ClIN3O3S/c1-11-7-14(21)8-12(2)18(11)22-16(25)10-28-19-24-23-17(27-19)9-26-15-5-3-13(20)4-6-15/h3-8H,9-10H2,1-2H3,(H,22,25). The molecule has 0 radical (unpaired) electrons. The van der Waals surface area contributed by atoms with Crippen molar-refractivity contribution in [2.45, 2.75) is 25.7 Å². The summed E-state index contributed by atoms with van der Waals surface area (Å²) in [5.41, 5.74) is 2.90. The summed E-state index contributed by atoms with van der Waals surface area (Å²) in [6.45, 7) is 4.09. The molecule has 9 heteroatoms. The molecule has 1 aromatic heterocycles. The Morgan fingerprint density at radius 1 is 1.21 bits per heavy atom. The topological polar surface area (TPSA) is 77.2 Å². The van der Waals surface area contributed by atoms with Crippen LogP contribution < -0.4 is 10.1 Å². The SMILES string of the molecule is Cc1cc(I)cc(C)c1NC(=O)CSc1nnc(COc2ccc(Cl)cc2)o1. The highest BCUT2D eigenvalue weighted by molar-refractivity contribution is 14.1. The number of carbonyl (C=O) groups is 1. The number of aromatic nitrogens is 2. The third kappa shape index (κ3) is 5.86. The summed E-state index contributed by atoms with van der Waals surface area (Å²) in [7, 11) is 0. The van der Waals surface area contributed by atoms with Crippen LogP contribution in [0.4, 0.5) is 5.69 Å². The zero-order valence-electron chi connectivity index (χ0n) is 15.2. The van der Waals surface area contributed by atoms with E-state index in [0.29, 0.717) is 21.9 Å². The summed E-state index contributed by atoms with van der Waals surface area (Å²) in [4.78, 5) is 12.3. The Hall–Kier alpha value is -1.78. The van der Waals surface area contributed by atoms with E-state index in [0.717, 1.165) is 20.4 Å². The van der Waals surface area contributed by atoms with Gasteiger partial charge in [0, 0.05) is 14.3 Å². The third-order valence-corrected chi connectivity index (χ3v) is 5.41. The van der Waals surface area contributed by atoms with Crippen LogP contribution in [0, 0.1) is 17.4 Å². The molecule has 0 aliphatic rings. The number of hydrogen-bond acceptors (Lipinski definition) is 6. The van der Waals surface area contributed by atoms with Gasteiger partial charge in [0.25, 0.3) is 11.1 Å². The molecular weight excluding hydrogens is 513 g/mol. The van der Waals surface area contributed by atoms with E-state index in [2.05, 4.69) is 38.1 Å². The molecule has 3 aromatic rings. The number of rotatable bonds is 7. The van der Waals surface area contributed by atoms with Gasteiger partial charge in [0.1, 0.15) is 5.75 Å². The predicted molar refractivity (Wildman–Crippen MR) is 118 cm³/mol. The molecule has 0 unspecified atom stereocenters. The second kappa shape index (κ2) is 9.62. The van der Waals surface area contributed by atoms with Crippen LogP contribution in [-0.2, 0) is 11.4 Å². The minimum atomic E-state index is -0.130. The minimum Gasteiger partial charge on any atom is -0.484 e. The molecule has 6 nitrogen and oxygen atoms in total. The van der Waals surface area contributed by atoms with Crippen molar-refractivity contribution in [3.8, 4) is 5.75 Å². The highest BCUT2D eigenvalue weighted by atomic mass is 127. The second-order valence-corrected chi connectivity index (χ2v) is 8.56. The van der Waals surface area contributed by atoms with Gasteiger partial charge in [-0.2, -0.15) is 0 Å². The number of halogens is 2. The summed E-state index contributed by atoms with van der Waals surface area (Å²) < 4.78 is 12.2. The van der Waals surface area contributed by atoms with Gasteiger partial charge in [-0.1, -0.05) is 23.4 Å². The Bertz CT molecular complexity index is 956. The summed E-state index contributed by atoms with van der Waals surface area (Å²) in [5, 5.41) is 11.8. The smallest absolute Gasteiger partial charge is 0.277 e. The maximum Gasteiger partial charge on any atom is 0.277 e. The summed E-state index contributed by atoms with van der Waals surface area (Å²) in [6, 6.07) is 11.0. The van der Waals surface area contributed by atoms with E-state index >= 15 is 0 Å². The van der Waals surface area contributed by atoms with Crippen molar-refractivity contribution in [1.29, 1.82) is 0 Å². The lowest BCUT2D eigenvalue weighted by molar-refractivity contribution is -0.113. The van der Waals surface area contributed by atoms with Crippen molar-refractivity contribution < 1.29 is 13.9 Å². The zero-order valence-corrected chi connectivity index (χ0v) is 18.9. The minimum absolute atomic E-state index is 0.130. The van der Waals surface area contributed by atoms with Crippen LogP contribution in [0.25, 0.3) is 0 Å². The summed E-state index contributed by atoms with van der Waals surface area (Å²) >= 11 is 9.27. The first-order valence-electron chi connectivity index (χ1n) is 8.31. The molecule has 0 aliphatic carbocycles. The molecular formula is C19H17ClIN3O3S. The maximum absolute atomic E-state index is 12.3. The zero-order chi connectivity index (χ0) is 20.1. The molecule has 2 aromatic carbocycles. The van der Waals surface area contributed by atoms with Gasteiger partial charge in [0.15, 0.2) is 6.61 Å². The van der Waals surface area contributed by atoms with E-state index in [4.69, 9.17) is 20.8 Å². The van der Waals surface area contributed by atoms with Crippen LogP contribution in [-0.4, -0.2) is 21.9 Å². The average molecular weight is 530 g/mol. The lowest BCUT2D eigenvalue weighted by Gasteiger charge is -2.11. The van der Waals surface area contributed by atoms with Gasteiger partial charge in [-0.3, -0.25) is 4.79 Å². The Kier molecular flexibility index (Phi) is 7.19. The quantitative estimate of drug-likeness (QED) is 0.333. The van der Waals surface area contributed by atoms with Crippen LogP contribution >= 0.6 is 46.0 Å². The second-order valence-electron chi connectivity index (χ2n) is 5.96. The Labute approximate surface area is 185 Å². The molecule has 0 fully saturated rings. The van der Waals surface area contributed by atoms with E-state index in [1.165, 1.54) is 11.8 Å². The van der Waals surface area contributed by atoms with Crippen molar-refractivity contribution in [2.75, 3.05) is 11.1 Å². The van der Waals surface area contributed by atoms with Crippen LogP contribution in [0.5, 0.6) is 5.75 Å². The van der Waals surface area contributed by atoms with E-state index < -0.39 is 0 Å². The van der Waals surface area contributed by atoms with Crippen LogP contribution in [0.2, 0.25) is 5.02 Å². The molecule has 146 valence electrons. The van der Waals surface area contributed by atoms with Crippen LogP contribution in [0.3, 0.4) is 0 Å². The van der Waals surface area contributed by atoms with Crippen molar-refractivity contribution in [3.63, 3.8) is 0 Å². The van der Waals surface area contributed by atoms with E-state index in [1.54, 1.807) is 24.3 Å². The Morgan fingerprint density at radius 2 is 1.89 bits per heavy atom. The summed E-state index contributed by atoms with van der Waals surface area (Å²) in [6.07, 6.45) is 0. The molecule has 1 N–H and O–H groups in total. The van der Waals surface area contributed by atoms with Gasteiger partial charge in [0.2, 0.25) is 5.91 Å². The third-order valence-electron chi connectivity index (χ3n) is 3.71. The highest BCUT2D eigenvalue weighted by Crippen LogP contribution is 2.24. The summed E-state index contributed by atoms with van der Waals surface area (Å²) in [5.74, 6) is 1.03. The fraction of sp³-hybridized carbons (Fsp3) is 0.211. The number of anilines is 1. The van der Waals surface area contributed by atoms with Gasteiger partial charge in [-0.15, -0.1) is 10.2 Å². The largest absolute Gasteiger partial charge is 0.484 e. The lowest BCUT2D eigenvalue weighted by Crippen LogP contribution is -2.16. The average Bonchev–Trinajstić information content (AvgIpc) is 3.10. The fourth-order valence-electron chi connectivity index (χ4n) is 2.44. The van der Waals surface area contributed by atoms with Crippen LogP contribution in [0.1, 0.15) is 17.0 Å². The van der Waals surface area contributed by atoms with E-state index in [1.807, 2.05) is 26.0 Å². The number of aryl methyl sites for hydroxylation is 2. The highest BCUT2D eigenvalue weighted by Gasteiger charge is 2.12. The number of amides is 1. The first-order valence-corrected chi connectivity index (χ1v) is 10.7. The van der Waals surface area contributed by atoms with E-state index in [-0.39, 0.29) is 18.3 Å². The Morgan fingerprint density at radius 3 is 2.57 bits per heavy atom. The van der Waals surface area contributed by atoms with Crippen molar-refractivity contribution in [3.05, 3.63) is 62.0 Å². The molecule has 0 bridgehead atoms. The molecule has 28 heavy (non-hydrogen) atoms. The van der Waals surface area contributed by atoms with Crippen molar-refractivity contribution >= 4 is 57.5 Å². The first kappa shape index (κ1) is 20.9. The van der Waals surface area contributed by atoms with Gasteiger partial charge in [0.05, 0.1) is 5.75 Å². The molecule has 0 spiro atoms. The van der Waals surface area contributed by atoms with Gasteiger partial charge in [-0.25, -0.2) is 0 Å². The fourth-order valence-corrected chi connectivity index (χ4v) is 4.08. The van der Waals surface area contributed by atoms with Gasteiger partial charge in [-0.05, 0) is 84.0 Å². The van der Waals surface area contributed by atoms with Crippen molar-refractivity contribution in [2.24, 2.45) is 0 Å². The van der Waals surface area contributed by atoms with E-state index in [9.17, 15) is 4.79 Å².